The molecule has 4 rings (SSSR count). The fourth-order valence-electron chi connectivity index (χ4n) is 3.01. The van der Waals surface area contributed by atoms with Crippen molar-refractivity contribution in [3.05, 3.63) is 57.8 Å². The van der Waals surface area contributed by atoms with Crippen LogP contribution in [-0.4, -0.2) is 50.1 Å². The second kappa shape index (κ2) is 6.73. The summed E-state index contributed by atoms with van der Waals surface area (Å²) < 4.78 is 21.2. The van der Waals surface area contributed by atoms with Crippen LogP contribution in [0, 0.1) is 12.7 Å². The summed E-state index contributed by atoms with van der Waals surface area (Å²) in [5.74, 6) is -0.0728. The molecule has 1 unspecified atom stereocenters. The minimum Gasteiger partial charge on any atom is -0.368 e. The van der Waals surface area contributed by atoms with E-state index < -0.39 is 5.82 Å². The van der Waals surface area contributed by atoms with Crippen molar-refractivity contribution >= 4 is 27.6 Å². The van der Waals surface area contributed by atoms with E-state index in [1.165, 1.54) is 24.5 Å². The van der Waals surface area contributed by atoms with Crippen LogP contribution in [0.4, 0.5) is 4.39 Å². The molecule has 3 aromatic rings. The van der Waals surface area contributed by atoms with E-state index in [-0.39, 0.29) is 16.5 Å². The number of carbonyl (C=O) groups is 1. The highest BCUT2D eigenvalue weighted by Crippen LogP contribution is 2.25. The normalized spacial score (nSPS) is 17.7. The molecule has 1 saturated heterocycles. The molecule has 2 aromatic heterocycles. The Kier molecular flexibility index (Phi) is 4.41. The third kappa shape index (κ3) is 3.08. The maximum Gasteiger partial charge on any atom is 0.254 e. The number of aromatic nitrogens is 4. The lowest BCUT2D eigenvalue weighted by Crippen LogP contribution is -2.42. The Morgan fingerprint density at radius 3 is 3.04 bits per heavy atom. The molecule has 7 nitrogen and oxygen atoms in total. The summed E-state index contributed by atoms with van der Waals surface area (Å²) >= 11 is 3.12. The van der Waals surface area contributed by atoms with Crippen LogP contribution >= 0.6 is 15.9 Å². The van der Waals surface area contributed by atoms with Crippen LogP contribution in [0.3, 0.4) is 0 Å². The quantitative estimate of drug-likeness (QED) is 0.637. The monoisotopic (exact) mass is 419 g/mol. The molecule has 1 aliphatic heterocycles. The van der Waals surface area contributed by atoms with Crippen LogP contribution in [0.2, 0.25) is 0 Å². The van der Waals surface area contributed by atoms with Crippen molar-refractivity contribution in [3.8, 4) is 0 Å². The second-order valence-corrected chi connectivity index (χ2v) is 6.89. The van der Waals surface area contributed by atoms with Crippen molar-refractivity contribution < 1.29 is 13.9 Å². The molecule has 1 fully saturated rings. The highest BCUT2D eigenvalue weighted by atomic mass is 79.9. The molecule has 1 aromatic carbocycles. The van der Waals surface area contributed by atoms with Crippen molar-refractivity contribution in [1.29, 1.82) is 0 Å². The summed E-state index contributed by atoms with van der Waals surface area (Å²) in [6.45, 7) is 3.11. The molecule has 0 aliphatic carbocycles. The van der Waals surface area contributed by atoms with Gasteiger partial charge in [0.05, 0.1) is 23.3 Å². The van der Waals surface area contributed by atoms with Crippen LogP contribution in [0.5, 0.6) is 0 Å². The Morgan fingerprint density at radius 1 is 1.38 bits per heavy atom. The minimum absolute atomic E-state index is 0.167. The van der Waals surface area contributed by atoms with E-state index in [9.17, 15) is 9.18 Å². The number of hydrogen-bond acceptors (Lipinski definition) is 5. The molecular weight excluding hydrogens is 405 g/mol. The minimum atomic E-state index is -0.401. The fraction of sp³-hybridized carbons (Fsp3) is 0.294. The lowest BCUT2D eigenvalue weighted by Gasteiger charge is -2.33. The van der Waals surface area contributed by atoms with Gasteiger partial charge >= 0.3 is 0 Å². The summed E-state index contributed by atoms with van der Waals surface area (Å²) in [6, 6.07) is 6.14. The van der Waals surface area contributed by atoms with Gasteiger partial charge < -0.3 is 9.64 Å². The van der Waals surface area contributed by atoms with Crippen molar-refractivity contribution in [2.45, 2.75) is 13.0 Å². The lowest BCUT2D eigenvalue weighted by atomic mass is 10.1. The van der Waals surface area contributed by atoms with Crippen molar-refractivity contribution in [2.75, 3.05) is 19.7 Å². The molecule has 0 radical (unpaired) electrons. The summed E-state index contributed by atoms with van der Waals surface area (Å²) in [6.07, 6.45) is 1.09. The molecule has 1 atom stereocenters. The van der Waals surface area contributed by atoms with Crippen LogP contribution in [0.15, 0.2) is 35.1 Å². The molecule has 26 heavy (non-hydrogen) atoms. The first-order chi connectivity index (χ1) is 12.5. The van der Waals surface area contributed by atoms with Crippen LogP contribution in [-0.2, 0) is 4.74 Å². The first kappa shape index (κ1) is 17.0. The molecule has 0 bridgehead atoms. The standard InChI is InChI=1S/C17H15BrFN5O2/c1-10-6-14(24-17(22-10)20-9-21-24)15-8-23(4-5-26-15)16(25)11-2-3-13(19)12(18)7-11/h2-3,6-7,9,15H,4-5,8H2,1H3. The number of benzene rings is 1. The van der Waals surface area contributed by atoms with Crippen molar-refractivity contribution in [2.24, 2.45) is 0 Å². The molecule has 0 spiro atoms. The average molecular weight is 420 g/mol. The maximum atomic E-state index is 13.4. The molecule has 1 amide bonds. The SMILES string of the molecule is Cc1cc(C2CN(C(=O)c3ccc(F)c(Br)c3)CCO2)n2ncnc2n1. The maximum absolute atomic E-state index is 13.4. The number of carbonyl (C=O) groups excluding carboxylic acids is 1. The van der Waals surface area contributed by atoms with Gasteiger partial charge in [0, 0.05) is 17.8 Å². The molecular formula is C17H15BrFN5O2. The van der Waals surface area contributed by atoms with Crippen LogP contribution in [0.25, 0.3) is 5.78 Å². The van der Waals surface area contributed by atoms with E-state index in [0.717, 1.165) is 11.4 Å². The Balaban J connectivity index is 1.62. The van der Waals surface area contributed by atoms with Gasteiger partial charge in [-0.15, -0.1) is 0 Å². The first-order valence-electron chi connectivity index (χ1n) is 8.06. The number of aryl methyl sites for hydroxylation is 1. The van der Waals surface area contributed by atoms with E-state index in [1.807, 2.05) is 13.0 Å². The molecule has 3 heterocycles. The zero-order valence-electron chi connectivity index (χ0n) is 13.9. The molecule has 9 heteroatoms. The van der Waals surface area contributed by atoms with Gasteiger partial charge in [-0.3, -0.25) is 4.79 Å². The van der Waals surface area contributed by atoms with E-state index in [1.54, 1.807) is 9.42 Å². The van der Waals surface area contributed by atoms with Gasteiger partial charge in [-0.25, -0.2) is 9.37 Å². The van der Waals surface area contributed by atoms with Crippen molar-refractivity contribution in [1.82, 2.24) is 24.5 Å². The van der Waals surface area contributed by atoms with E-state index in [0.29, 0.717) is 31.0 Å². The van der Waals surface area contributed by atoms with Gasteiger partial charge in [0.15, 0.2) is 0 Å². The predicted molar refractivity (Wildman–Crippen MR) is 94.2 cm³/mol. The number of nitrogens with zero attached hydrogens (tertiary/aromatic N) is 5. The molecule has 0 N–H and O–H groups in total. The van der Waals surface area contributed by atoms with Gasteiger partial charge in [0.2, 0.25) is 0 Å². The zero-order chi connectivity index (χ0) is 18.3. The average Bonchev–Trinajstić information content (AvgIpc) is 3.11. The van der Waals surface area contributed by atoms with Crippen LogP contribution < -0.4 is 0 Å². The van der Waals surface area contributed by atoms with Gasteiger partial charge in [-0.1, -0.05) is 0 Å². The van der Waals surface area contributed by atoms with Gasteiger partial charge in [-0.05, 0) is 47.1 Å². The summed E-state index contributed by atoms with van der Waals surface area (Å²) in [5.41, 5.74) is 2.02. The zero-order valence-corrected chi connectivity index (χ0v) is 15.5. The number of halogens is 2. The number of amides is 1. The third-order valence-corrected chi connectivity index (χ3v) is 4.87. The second-order valence-electron chi connectivity index (χ2n) is 6.03. The smallest absolute Gasteiger partial charge is 0.254 e. The van der Waals surface area contributed by atoms with Crippen molar-refractivity contribution in [3.63, 3.8) is 0 Å². The predicted octanol–water partition coefficient (Wildman–Crippen LogP) is 2.55. The largest absolute Gasteiger partial charge is 0.368 e. The Hall–Kier alpha value is -2.39. The highest BCUT2D eigenvalue weighted by molar-refractivity contribution is 9.10. The first-order valence-corrected chi connectivity index (χ1v) is 8.85. The Labute approximate surface area is 156 Å². The van der Waals surface area contributed by atoms with Gasteiger partial charge in [0.1, 0.15) is 18.2 Å². The number of fused-ring (bicyclic) bond motifs is 1. The summed E-state index contributed by atoms with van der Waals surface area (Å²) in [5, 5.41) is 4.20. The Morgan fingerprint density at radius 2 is 2.23 bits per heavy atom. The Bertz CT molecular complexity index is 992. The summed E-state index contributed by atoms with van der Waals surface area (Å²) in [4.78, 5) is 22.9. The van der Waals surface area contributed by atoms with Gasteiger partial charge in [0.25, 0.3) is 11.7 Å². The molecule has 134 valence electrons. The topological polar surface area (TPSA) is 72.6 Å². The van der Waals surface area contributed by atoms with E-state index in [2.05, 4.69) is 31.0 Å². The summed E-state index contributed by atoms with van der Waals surface area (Å²) in [7, 11) is 0. The lowest BCUT2D eigenvalue weighted by molar-refractivity contribution is -0.0257. The van der Waals surface area contributed by atoms with Gasteiger partial charge in [-0.2, -0.15) is 14.6 Å². The molecule has 0 saturated carbocycles. The number of ether oxygens (including phenoxy) is 1. The van der Waals surface area contributed by atoms with Crippen LogP contribution in [0.1, 0.15) is 27.8 Å². The van der Waals surface area contributed by atoms with E-state index >= 15 is 0 Å². The third-order valence-electron chi connectivity index (χ3n) is 4.26. The fourth-order valence-corrected chi connectivity index (χ4v) is 3.39. The van der Waals surface area contributed by atoms with E-state index in [4.69, 9.17) is 4.74 Å². The number of morpholine rings is 1. The number of rotatable bonds is 2. The molecule has 1 aliphatic rings. The highest BCUT2D eigenvalue weighted by Gasteiger charge is 2.28. The number of hydrogen-bond donors (Lipinski definition) is 0.